The van der Waals surface area contributed by atoms with Crippen LogP contribution in [0, 0.1) is 0 Å². The molecular weight excluding hydrogens is 1960 g/mol. The molecule has 64 nitrogen and oxygen atoms in total. The van der Waals surface area contributed by atoms with Gasteiger partial charge in [-0.05, 0) is 0 Å². The first-order valence-electron chi connectivity index (χ1n) is 45.3. The van der Waals surface area contributed by atoms with Crippen molar-refractivity contribution in [2.75, 3.05) is 72.7 Å². The third-order valence-electron chi connectivity index (χ3n) is 26.0. The first-order valence-corrected chi connectivity index (χ1v) is 45.3. The fourth-order valence-electron chi connectivity index (χ4n) is 18.4. The van der Waals surface area contributed by atoms with Gasteiger partial charge in [0.15, 0.2) is 62.9 Å². The molecule has 11 fully saturated rings. The van der Waals surface area contributed by atoms with E-state index < -0.39 is 458 Å². The molecule has 64 heteroatoms. The molecule has 11 saturated heterocycles. The quantitative estimate of drug-likeness (QED) is 0.0272. The van der Waals surface area contributed by atoms with Crippen molar-refractivity contribution < 1.29 is 292 Å². The highest BCUT2D eigenvalue weighted by Gasteiger charge is 2.64. The van der Waals surface area contributed by atoms with Crippen LogP contribution in [-0.4, -0.2) is 615 Å². The zero-order valence-corrected chi connectivity index (χ0v) is 76.6. The van der Waals surface area contributed by atoms with E-state index in [0.717, 1.165) is 34.6 Å². The third-order valence-corrected chi connectivity index (χ3v) is 26.0. The molecule has 0 aromatic carbocycles. The molecule has 11 heterocycles. The summed E-state index contributed by atoms with van der Waals surface area (Å²) in [5, 5.41) is 371. The Hall–Kier alpha value is -5.26. The van der Waals surface area contributed by atoms with Crippen LogP contribution < -0.4 is 26.6 Å². The Balaban J connectivity index is 0.953. The Kier molecular flexibility index (Phi) is 42.3. The summed E-state index contributed by atoms with van der Waals surface area (Å²) in [6.07, 6.45) is -113. The minimum Gasteiger partial charge on any atom is -0.477 e. The van der Waals surface area contributed by atoms with Crippen molar-refractivity contribution in [1.82, 2.24) is 26.6 Å². The molecule has 0 aliphatic carbocycles. The van der Waals surface area contributed by atoms with E-state index in [9.17, 15) is 192 Å². The van der Waals surface area contributed by atoms with E-state index in [0.29, 0.717) is 0 Å². The van der Waals surface area contributed by atoms with E-state index in [1.807, 2.05) is 0 Å². The summed E-state index contributed by atoms with van der Waals surface area (Å²) in [5.41, 5.74) is 0. The van der Waals surface area contributed by atoms with Crippen molar-refractivity contribution >= 4 is 35.5 Å². The molecule has 0 spiro atoms. The van der Waals surface area contributed by atoms with Crippen LogP contribution in [0.3, 0.4) is 0 Å². The second kappa shape index (κ2) is 51.2. The standard InChI is InChI=1S/C79H131N5O59/c1-18(94)80-35-23(99)6-79(78(121)122,143-64(35)40(101)24(100)7-85)124-17-34-44(105)52(113)56(117)74(134-34)138-62-31(14-92)131-71(39(49(62)110)84-22(5)98)142-67-57(118)63(135-69-37(82-20(3)96)47(108)60(29(12-90)129-69)136-72-54(115)50(111)41(102)25(8-86)126-72)32(15-93)132-77(67)140-65-45(106)33(133-75(58(65)119)139-59-28(11-89)125-68(120)36(46(59)107)81-19(2)95)16-123-76-66(53(114)43(104)27(10-88)128-76)141-70-38(83-21(4)97)48(109)61(30(13-91)130-70)137-73-55(116)51(112)42(103)26(9-87)127-73/h23-77,85-93,99-120H,6-17H2,1-5H3,(H,80,94)(H,81,95)(H,82,96)(H,83,97)(H,84,98)(H,121,122)/t23-,24+,25+,26+,27+,28+,29+,30+,31+,32+,33+,34+,35+,36+,37+,38+,39+,40+,41-,42-,43+,44-,45+,46+,47+,48+,49+,50-,51-,52-,53-,54+,55+,56+,57-,58-,59+,60+,61+,62+,63+,64+,65-,66-,67-,68?,69-,70-,71-,72-,73-,74-,75-,76-,77+,79+/m0/s1. The summed E-state index contributed by atoms with van der Waals surface area (Å²) in [7, 11) is 0. The fraction of sp³-hybridized carbons (Fsp3) is 0.924. The molecule has 11 aliphatic rings. The monoisotopic (exact) mass is 2090 g/mol. The number of amides is 5. The topological polar surface area (TPSA) is 1000 Å². The zero-order chi connectivity index (χ0) is 106. The molecule has 11 aliphatic heterocycles. The largest absolute Gasteiger partial charge is 0.477 e. The number of hydrogen-bond donors (Lipinski definition) is 37. The lowest BCUT2D eigenvalue weighted by Crippen LogP contribution is -2.71. The molecular formula is C79H131N5O59. The minimum absolute atomic E-state index is 0.812. The maximum atomic E-state index is 13.6. The molecule has 0 radical (unpaired) electrons. The van der Waals surface area contributed by atoms with Crippen molar-refractivity contribution in [3.63, 3.8) is 0 Å². The molecule has 0 saturated carbocycles. The van der Waals surface area contributed by atoms with Gasteiger partial charge in [-0.1, -0.05) is 0 Å². The average Bonchev–Trinajstić information content (AvgIpc) is 0.768. The number of carboxylic acid groups (broad SMARTS) is 1. The lowest BCUT2D eigenvalue weighted by atomic mass is 9.88. The second-order valence-corrected chi connectivity index (χ2v) is 36.0. The number of aliphatic carboxylic acids is 1. The molecule has 0 bridgehead atoms. The number of aliphatic hydroxyl groups excluding tert-OH is 31. The van der Waals surface area contributed by atoms with Crippen LogP contribution in [0.1, 0.15) is 41.0 Å². The number of hydrogen-bond acceptors (Lipinski definition) is 58. The van der Waals surface area contributed by atoms with E-state index in [1.54, 1.807) is 0 Å². The van der Waals surface area contributed by atoms with Crippen LogP contribution in [0.2, 0.25) is 0 Å². The van der Waals surface area contributed by atoms with Gasteiger partial charge in [-0.2, -0.15) is 0 Å². The van der Waals surface area contributed by atoms with Gasteiger partial charge in [-0.15, -0.1) is 0 Å². The normalized spacial score (nSPS) is 47.8. The van der Waals surface area contributed by atoms with Gasteiger partial charge < -0.3 is 289 Å². The Morgan fingerprint density at radius 2 is 0.573 bits per heavy atom. The summed E-state index contributed by atoms with van der Waals surface area (Å²) < 4.78 is 125. The van der Waals surface area contributed by atoms with Crippen LogP contribution in [0.5, 0.6) is 0 Å². The predicted molar refractivity (Wildman–Crippen MR) is 438 cm³/mol. The molecule has 0 aromatic rings. The van der Waals surface area contributed by atoms with E-state index in [2.05, 4.69) is 26.6 Å². The van der Waals surface area contributed by atoms with Gasteiger partial charge in [0.1, 0.15) is 262 Å². The summed E-state index contributed by atoms with van der Waals surface area (Å²) in [4.78, 5) is 77.9. The van der Waals surface area contributed by atoms with Crippen molar-refractivity contribution in [2.45, 2.75) is 384 Å². The fourth-order valence-corrected chi connectivity index (χ4v) is 18.4. The van der Waals surface area contributed by atoms with Gasteiger partial charge in [-0.3, -0.25) is 24.0 Å². The molecule has 56 atom stereocenters. The number of ether oxygens (including phenoxy) is 21. The number of carbonyl (C=O) groups is 6. The lowest BCUT2D eigenvalue weighted by Gasteiger charge is -2.52. The Bertz CT molecular complexity index is 4030. The minimum atomic E-state index is -3.16. The van der Waals surface area contributed by atoms with Gasteiger partial charge in [0.25, 0.3) is 5.79 Å². The highest BCUT2D eigenvalue weighted by Crippen LogP contribution is 2.43. The van der Waals surface area contributed by atoms with Crippen molar-refractivity contribution in [2.24, 2.45) is 0 Å². The van der Waals surface area contributed by atoms with Gasteiger partial charge in [-0.25, -0.2) is 4.79 Å². The summed E-state index contributed by atoms with van der Waals surface area (Å²) in [5.74, 6) is -10.2. The molecule has 0 aromatic heterocycles. The SMILES string of the molecule is CC(=O)N[C@H]1[C@H](O[C@@H]2[C@@H](O[C@@H]3[C@H](O)[C@H](O[C@H]4[C@H](O)[C@@H](NC(C)=O)C(O)O[C@@H]4CO)O[C@H](CO[C@H]4O[C@H](CO)[C@@H](O)[C@H](O)[C@@H]4O[C@@H]4O[C@H](CO)[C@@H](O[C@@H]5O[C@H](CO)[C@H](O)[C@H](O)[C@H]5O)[C@H](O)[C@H]4NC(C)=O)[C@H]3O)O[C@H](CO)[C@@H](O[C@@H]3O[C@H](CO)[C@@H](O[C@@H]4O[C@H](CO)[C@H](O)[C@H](O)[C@H]4O)[C@H](O)[C@H]3NC(C)=O)[C@@H]2O)O[C@H](CO)[C@@H](O[C@@H]2O[C@H](CO[C@]3(C(=O)O)C[C@H](O)[C@@H](NC(C)=O)[C@H]([C@H](O)[C@H](O)CO)O3)[C@H](O)[C@H](O)[C@H]2O)[C@@H]1O. The molecule has 5 amide bonds. The number of aliphatic hydroxyl groups is 31. The first-order chi connectivity index (χ1) is 67.5. The van der Waals surface area contributed by atoms with Gasteiger partial charge in [0.05, 0.1) is 84.8 Å². The van der Waals surface area contributed by atoms with Crippen LogP contribution in [0.15, 0.2) is 0 Å². The molecule has 143 heavy (non-hydrogen) atoms. The second-order valence-electron chi connectivity index (χ2n) is 36.0. The Labute approximate surface area is 808 Å². The maximum Gasteiger partial charge on any atom is 0.364 e. The third kappa shape index (κ3) is 26.2. The smallest absolute Gasteiger partial charge is 0.364 e. The van der Waals surface area contributed by atoms with Crippen molar-refractivity contribution in [3.05, 3.63) is 0 Å². The van der Waals surface area contributed by atoms with Crippen LogP contribution in [0.25, 0.3) is 0 Å². The van der Waals surface area contributed by atoms with Gasteiger partial charge in [0, 0.05) is 41.0 Å². The number of carbonyl (C=O) groups excluding carboxylic acids is 5. The highest BCUT2D eigenvalue weighted by molar-refractivity contribution is 5.77. The summed E-state index contributed by atoms with van der Waals surface area (Å²) >= 11 is 0. The van der Waals surface area contributed by atoms with Crippen molar-refractivity contribution in [1.29, 1.82) is 0 Å². The lowest BCUT2D eigenvalue weighted by molar-refractivity contribution is -0.406. The Morgan fingerprint density at radius 1 is 0.287 bits per heavy atom. The number of carboxylic acids is 1. The molecule has 37 N–H and O–H groups in total. The summed E-state index contributed by atoms with van der Waals surface area (Å²) in [6, 6.07) is -9.94. The number of nitrogens with one attached hydrogen (secondary N) is 5. The van der Waals surface area contributed by atoms with Crippen LogP contribution >= 0.6 is 0 Å². The van der Waals surface area contributed by atoms with E-state index in [-0.39, 0.29) is 0 Å². The number of rotatable bonds is 39. The van der Waals surface area contributed by atoms with Crippen molar-refractivity contribution in [3.8, 4) is 0 Å². The molecule has 1 unspecified atom stereocenters. The van der Waals surface area contributed by atoms with Crippen LogP contribution in [-0.2, 0) is 128 Å². The first kappa shape index (κ1) is 118. The van der Waals surface area contributed by atoms with Gasteiger partial charge in [0.2, 0.25) is 29.5 Å². The van der Waals surface area contributed by atoms with E-state index in [1.165, 1.54) is 0 Å². The highest BCUT2D eigenvalue weighted by atomic mass is 16.8. The maximum absolute atomic E-state index is 13.6. The zero-order valence-electron chi connectivity index (χ0n) is 76.6. The summed E-state index contributed by atoms with van der Waals surface area (Å²) in [6.45, 7) is -8.96. The molecule has 826 valence electrons. The van der Waals surface area contributed by atoms with E-state index in [4.69, 9.17) is 99.5 Å². The van der Waals surface area contributed by atoms with E-state index >= 15 is 0 Å². The predicted octanol–water partition coefficient (Wildman–Crippen LogP) is -25.1. The van der Waals surface area contributed by atoms with Gasteiger partial charge >= 0.3 is 5.97 Å². The molecule has 11 rings (SSSR count). The Morgan fingerprint density at radius 3 is 0.951 bits per heavy atom. The average molecular weight is 2090 g/mol. The van der Waals surface area contributed by atoms with Crippen LogP contribution in [0.4, 0.5) is 0 Å².